The number of aromatic amines is 1. The molecule has 2 N–H and O–H groups in total. The van der Waals surface area contributed by atoms with Crippen molar-refractivity contribution in [1.82, 2.24) is 14.8 Å². The lowest BCUT2D eigenvalue weighted by Gasteiger charge is -2.26. The molecule has 2 heterocycles. The highest BCUT2D eigenvalue weighted by Gasteiger charge is 2.46. The minimum absolute atomic E-state index is 0.0190. The number of nitrogens with zero attached hydrogens (tertiary/aromatic N) is 2. The fourth-order valence-electron chi connectivity index (χ4n) is 4.22. The molecule has 182 valence electrons. The molecule has 9 nitrogen and oxygen atoms in total. The molecule has 0 unspecified atom stereocenters. The Kier molecular flexibility index (Phi) is 7.46. The van der Waals surface area contributed by atoms with Crippen molar-refractivity contribution in [3.8, 4) is 5.75 Å². The summed E-state index contributed by atoms with van der Waals surface area (Å²) >= 11 is 0. The number of aryl methyl sites for hydroxylation is 1. The van der Waals surface area contributed by atoms with Gasteiger partial charge in [0.15, 0.2) is 0 Å². The van der Waals surface area contributed by atoms with E-state index in [2.05, 4.69) is 4.98 Å². The van der Waals surface area contributed by atoms with Crippen LogP contribution >= 0.6 is 0 Å². The van der Waals surface area contributed by atoms with Crippen molar-refractivity contribution in [3.05, 3.63) is 57.9 Å². The lowest BCUT2D eigenvalue weighted by atomic mass is 9.94. The molecule has 9 heteroatoms. The first kappa shape index (κ1) is 25.0. The number of ether oxygens (including phenoxy) is 2. The van der Waals surface area contributed by atoms with E-state index in [9.17, 15) is 19.5 Å². The van der Waals surface area contributed by atoms with Gasteiger partial charge in [-0.3, -0.25) is 9.59 Å². The van der Waals surface area contributed by atoms with Gasteiger partial charge >= 0.3 is 5.97 Å². The average Bonchev–Trinajstić information content (AvgIpc) is 3.24. The summed E-state index contributed by atoms with van der Waals surface area (Å²) in [5.74, 6) is -1.70. The largest absolute Gasteiger partial charge is 0.507 e. The van der Waals surface area contributed by atoms with Gasteiger partial charge in [0.1, 0.15) is 17.2 Å². The molecule has 34 heavy (non-hydrogen) atoms. The number of carbonyl (C=O) groups excluding carboxylic acids is 3. The lowest BCUT2D eigenvalue weighted by molar-refractivity contribution is -0.140. The fourth-order valence-corrected chi connectivity index (χ4v) is 4.22. The van der Waals surface area contributed by atoms with Crippen LogP contribution in [0.1, 0.15) is 45.8 Å². The number of aliphatic hydroxyl groups is 1. The number of nitrogens with one attached hydrogen (secondary N) is 1. The van der Waals surface area contributed by atoms with E-state index in [1.54, 1.807) is 38.1 Å². The van der Waals surface area contributed by atoms with Crippen LogP contribution in [-0.4, -0.2) is 78.5 Å². The molecule has 0 saturated carbocycles. The second-order valence-electron chi connectivity index (χ2n) is 8.41. The van der Waals surface area contributed by atoms with Gasteiger partial charge in [0.05, 0.1) is 25.3 Å². The first-order chi connectivity index (χ1) is 16.1. The van der Waals surface area contributed by atoms with Crippen LogP contribution in [0.4, 0.5) is 0 Å². The molecule has 1 aliphatic heterocycles. The Morgan fingerprint density at radius 2 is 1.82 bits per heavy atom. The zero-order valence-corrected chi connectivity index (χ0v) is 20.4. The van der Waals surface area contributed by atoms with Crippen molar-refractivity contribution in [3.63, 3.8) is 0 Å². The Labute approximate surface area is 199 Å². The van der Waals surface area contributed by atoms with Crippen molar-refractivity contribution < 1.29 is 29.0 Å². The summed E-state index contributed by atoms with van der Waals surface area (Å²) in [6, 6.07) is 6.33. The van der Waals surface area contributed by atoms with Gasteiger partial charge in [0.2, 0.25) is 0 Å². The van der Waals surface area contributed by atoms with Gasteiger partial charge in [-0.1, -0.05) is 12.1 Å². The normalized spacial score (nSPS) is 17.5. The maximum atomic E-state index is 13.2. The Balaban J connectivity index is 2.19. The zero-order chi connectivity index (χ0) is 25.2. The molecular weight excluding hydrogens is 438 g/mol. The highest BCUT2D eigenvalue weighted by Crippen LogP contribution is 2.41. The van der Waals surface area contributed by atoms with Gasteiger partial charge in [0.25, 0.3) is 11.7 Å². The molecule has 0 spiro atoms. The number of esters is 1. The molecule has 1 atom stereocenters. The number of hydrogen-bond donors (Lipinski definition) is 2. The highest BCUT2D eigenvalue weighted by molar-refractivity contribution is 6.46. The van der Waals surface area contributed by atoms with Crippen molar-refractivity contribution >= 4 is 23.4 Å². The Morgan fingerprint density at radius 1 is 1.18 bits per heavy atom. The summed E-state index contributed by atoms with van der Waals surface area (Å²) in [6.07, 6.45) is 0. The smallest absolute Gasteiger partial charge is 0.354 e. The van der Waals surface area contributed by atoms with Crippen LogP contribution in [0.2, 0.25) is 0 Å². The third-order valence-corrected chi connectivity index (χ3v) is 5.90. The maximum absolute atomic E-state index is 13.2. The SMILES string of the molecule is CCOc1ccc([C@@H]2C(=C(O)c3c(C)[nH]c(C(=O)OC)c3C)C(=O)C(=O)N2CCN(C)C)cc1. The molecule has 1 saturated heterocycles. The minimum atomic E-state index is -0.786. The second-order valence-corrected chi connectivity index (χ2v) is 8.41. The summed E-state index contributed by atoms with van der Waals surface area (Å²) in [7, 11) is 5.02. The molecule has 3 rings (SSSR count). The predicted octanol–water partition coefficient (Wildman–Crippen LogP) is 2.80. The summed E-state index contributed by atoms with van der Waals surface area (Å²) in [6.45, 7) is 6.56. The van der Waals surface area contributed by atoms with Crippen molar-refractivity contribution in [2.45, 2.75) is 26.8 Å². The number of aliphatic hydroxyl groups excluding tert-OH is 1. The standard InChI is InChI=1S/C25H31N3O6/c1-7-34-17-10-8-16(9-11-17)21-19(23(30)24(31)28(21)13-12-27(4)5)22(29)18-14(2)20(25(32)33-6)26-15(18)3/h8-11,21,26,29H,7,12-13H2,1-6H3/t21-/m1/s1. The average molecular weight is 470 g/mol. The van der Waals surface area contributed by atoms with Crippen LogP contribution in [0.25, 0.3) is 5.76 Å². The molecule has 0 radical (unpaired) electrons. The number of benzene rings is 1. The number of amides is 1. The molecule has 1 amide bonds. The van der Waals surface area contributed by atoms with Crippen molar-refractivity contribution in [2.75, 3.05) is 40.9 Å². The number of H-pyrrole nitrogens is 1. The fraction of sp³-hybridized carbons (Fsp3) is 0.400. The van der Waals surface area contributed by atoms with Crippen LogP contribution in [0, 0.1) is 13.8 Å². The number of Topliss-reactive ketones (excluding diaryl/α,β-unsaturated/α-hetero) is 1. The molecule has 1 aromatic carbocycles. The monoisotopic (exact) mass is 469 g/mol. The van der Waals surface area contributed by atoms with Crippen LogP contribution in [0.15, 0.2) is 29.8 Å². The van der Waals surface area contributed by atoms with E-state index in [1.807, 2.05) is 25.9 Å². The Hall–Kier alpha value is -3.59. The number of hydrogen-bond acceptors (Lipinski definition) is 7. The van der Waals surface area contributed by atoms with E-state index >= 15 is 0 Å². The first-order valence-electron chi connectivity index (χ1n) is 11.1. The van der Waals surface area contributed by atoms with E-state index in [1.165, 1.54) is 12.0 Å². The lowest BCUT2D eigenvalue weighted by Crippen LogP contribution is -2.35. The molecular formula is C25H31N3O6. The van der Waals surface area contributed by atoms with Crippen LogP contribution in [0.5, 0.6) is 5.75 Å². The number of likely N-dealkylation sites (tertiary alicyclic amines) is 1. The summed E-state index contributed by atoms with van der Waals surface area (Å²) in [5, 5.41) is 11.4. The summed E-state index contributed by atoms with van der Waals surface area (Å²) in [4.78, 5) is 44.7. The molecule has 1 aromatic heterocycles. The number of aromatic nitrogens is 1. The minimum Gasteiger partial charge on any atom is -0.507 e. The quantitative estimate of drug-likeness (QED) is 0.265. The third-order valence-electron chi connectivity index (χ3n) is 5.90. The van der Waals surface area contributed by atoms with Gasteiger partial charge in [-0.25, -0.2) is 4.79 Å². The van der Waals surface area contributed by atoms with Gasteiger partial charge in [0, 0.05) is 24.3 Å². The third kappa shape index (κ3) is 4.56. The van der Waals surface area contributed by atoms with Crippen LogP contribution in [0.3, 0.4) is 0 Å². The van der Waals surface area contributed by atoms with E-state index in [-0.39, 0.29) is 17.0 Å². The van der Waals surface area contributed by atoms with Crippen molar-refractivity contribution in [1.29, 1.82) is 0 Å². The molecule has 2 aromatic rings. The summed E-state index contributed by atoms with van der Waals surface area (Å²) in [5.41, 5.74) is 2.06. The number of likely N-dealkylation sites (N-methyl/N-ethyl adjacent to an activating group) is 1. The highest BCUT2D eigenvalue weighted by atomic mass is 16.5. The van der Waals surface area contributed by atoms with Gasteiger partial charge < -0.3 is 29.4 Å². The number of rotatable bonds is 8. The maximum Gasteiger partial charge on any atom is 0.354 e. The van der Waals surface area contributed by atoms with Crippen LogP contribution in [-0.2, 0) is 14.3 Å². The number of ketones is 1. The topological polar surface area (TPSA) is 112 Å². The number of methoxy groups -OCH3 is 1. The van der Waals surface area contributed by atoms with E-state index in [4.69, 9.17) is 9.47 Å². The second kappa shape index (κ2) is 10.1. The van der Waals surface area contributed by atoms with Gasteiger partial charge in [-0.2, -0.15) is 0 Å². The van der Waals surface area contributed by atoms with E-state index < -0.39 is 23.7 Å². The molecule has 1 fully saturated rings. The Bertz CT molecular complexity index is 1130. The molecule has 1 aliphatic rings. The Morgan fingerprint density at radius 3 is 2.38 bits per heavy atom. The molecule has 0 bridgehead atoms. The van der Waals surface area contributed by atoms with E-state index in [0.29, 0.717) is 47.8 Å². The van der Waals surface area contributed by atoms with Gasteiger partial charge in [-0.05, 0) is 58.1 Å². The molecule has 0 aliphatic carbocycles. The van der Waals surface area contributed by atoms with Crippen LogP contribution < -0.4 is 4.74 Å². The first-order valence-corrected chi connectivity index (χ1v) is 11.1. The predicted molar refractivity (Wildman–Crippen MR) is 127 cm³/mol. The van der Waals surface area contributed by atoms with E-state index in [0.717, 1.165) is 0 Å². The van der Waals surface area contributed by atoms with Crippen molar-refractivity contribution in [2.24, 2.45) is 0 Å². The zero-order valence-electron chi connectivity index (χ0n) is 20.4. The number of carbonyl (C=O) groups is 3. The summed E-state index contributed by atoms with van der Waals surface area (Å²) < 4.78 is 10.3. The van der Waals surface area contributed by atoms with Gasteiger partial charge in [-0.15, -0.1) is 0 Å².